The number of ketones is 1. The van der Waals surface area contributed by atoms with Crippen molar-refractivity contribution >= 4 is 17.4 Å². The van der Waals surface area contributed by atoms with Gasteiger partial charge in [0.2, 0.25) is 0 Å². The Bertz CT molecular complexity index is 1050. The Hall–Kier alpha value is -3.12. The Balaban J connectivity index is 2.06. The second-order valence-corrected chi connectivity index (χ2v) is 10.0. The van der Waals surface area contributed by atoms with E-state index in [1.165, 1.54) is 0 Å². The van der Waals surface area contributed by atoms with Crippen molar-refractivity contribution in [2.75, 3.05) is 33.8 Å². The summed E-state index contributed by atoms with van der Waals surface area (Å²) in [5.74, 6) is -0.722. The van der Waals surface area contributed by atoms with E-state index < -0.39 is 17.7 Å². The molecule has 0 saturated carbocycles. The van der Waals surface area contributed by atoms with E-state index in [2.05, 4.69) is 20.8 Å². The molecule has 6 heteroatoms. The predicted octanol–water partition coefficient (Wildman–Crippen LogP) is 4.76. The number of carbonyl (C=O) groups is 2. The molecule has 0 aliphatic carbocycles. The molecule has 3 rings (SSSR count). The summed E-state index contributed by atoms with van der Waals surface area (Å²) in [6.07, 6.45) is 0.895. The fourth-order valence-corrected chi connectivity index (χ4v) is 4.01. The lowest BCUT2D eigenvalue weighted by molar-refractivity contribution is -0.140. The molecule has 34 heavy (non-hydrogen) atoms. The van der Waals surface area contributed by atoms with Crippen molar-refractivity contribution < 1.29 is 19.4 Å². The van der Waals surface area contributed by atoms with Gasteiger partial charge in [-0.15, -0.1) is 0 Å². The zero-order valence-corrected chi connectivity index (χ0v) is 21.1. The normalized spacial score (nSPS) is 18.1. The summed E-state index contributed by atoms with van der Waals surface area (Å²) in [5.41, 5.74) is 2.53. The predicted molar refractivity (Wildman–Crippen MR) is 135 cm³/mol. The molecule has 1 aliphatic rings. The number of benzene rings is 2. The average Bonchev–Trinajstić information content (AvgIpc) is 3.05. The fourth-order valence-electron chi connectivity index (χ4n) is 4.01. The quantitative estimate of drug-likeness (QED) is 0.347. The van der Waals surface area contributed by atoms with E-state index in [0.29, 0.717) is 31.0 Å². The van der Waals surface area contributed by atoms with Crippen LogP contribution in [0.3, 0.4) is 0 Å². The van der Waals surface area contributed by atoms with Crippen molar-refractivity contribution in [2.24, 2.45) is 0 Å². The van der Waals surface area contributed by atoms with Crippen molar-refractivity contribution in [3.63, 3.8) is 0 Å². The topological polar surface area (TPSA) is 70.1 Å². The first-order valence-corrected chi connectivity index (χ1v) is 11.8. The van der Waals surface area contributed by atoms with Gasteiger partial charge in [0.05, 0.1) is 18.2 Å². The van der Waals surface area contributed by atoms with Crippen LogP contribution in [0, 0.1) is 0 Å². The number of ether oxygens (including phenoxy) is 1. The molecular formula is C28H36N2O4. The number of likely N-dealkylation sites (tertiary alicyclic amines) is 1. The van der Waals surface area contributed by atoms with Crippen LogP contribution in [0.1, 0.15) is 56.8 Å². The molecule has 0 aromatic heterocycles. The van der Waals surface area contributed by atoms with E-state index in [1.807, 2.05) is 50.2 Å². The van der Waals surface area contributed by atoms with Gasteiger partial charge < -0.3 is 19.6 Å². The first kappa shape index (κ1) is 25.5. The summed E-state index contributed by atoms with van der Waals surface area (Å²) in [6, 6.07) is 14.3. The smallest absolute Gasteiger partial charge is 0.295 e. The fraction of sp³-hybridized carbons (Fsp3) is 0.429. The van der Waals surface area contributed by atoms with Gasteiger partial charge in [-0.3, -0.25) is 9.59 Å². The number of aliphatic hydroxyl groups excluding tert-OH is 1. The van der Waals surface area contributed by atoms with Crippen LogP contribution < -0.4 is 4.74 Å². The monoisotopic (exact) mass is 464 g/mol. The third-order valence-corrected chi connectivity index (χ3v) is 6.02. The van der Waals surface area contributed by atoms with Gasteiger partial charge >= 0.3 is 0 Å². The van der Waals surface area contributed by atoms with Crippen LogP contribution in [-0.4, -0.2) is 60.4 Å². The highest BCUT2D eigenvalue weighted by molar-refractivity contribution is 6.46. The minimum absolute atomic E-state index is 0.0210. The second-order valence-electron chi connectivity index (χ2n) is 10.0. The number of hydrogen-bond donors (Lipinski definition) is 1. The van der Waals surface area contributed by atoms with Crippen LogP contribution in [0.4, 0.5) is 0 Å². The van der Waals surface area contributed by atoms with Crippen LogP contribution in [0.15, 0.2) is 54.1 Å². The Morgan fingerprint density at radius 1 is 1.03 bits per heavy atom. The highest BCUT2D eigenvalue weighted by Gasteiger charge is 2.45. The minimum Gasteiger partial charge on any atom is -0.507 e. The van der Waals surface area contributed by atoms with Crippen LogP contribution in [0.5, 0.6) is 5.75 Å². The largest absolute Gasteiger partial charge is 0.507 e. The highest BCUT2D eigenvalue weighted by atomic mass is 16.5. The molecule has 1 amide bonds. The van der Waals surface area contributed by atoms with Gasteiger partial charge in [0.15, 0.2) is 0 Å². The summed E-state index contributed by atoms with van der Waals surface area (Å²) >= 11 is 0. The van der Waals surface area contributed by atoms with Gasteiger partial charge in [-0.05, 0) is 61.3 Å². The van der Waals surface area contributed by atoms with Gasteiger partial charge in [0.1, 0.15) is 11.5 Å². The van der Waals surface area contributed by atoms with Crippen LogP contribution in [0.25, 0.3) is 5.76 Å². The average molecular weight is 465 g/mol. The van der Waals surface area contributed by atoms with Crippen molar-refractivity contribution in [1.82, 2.24) is 9.80 Å². The molecule has 0 unspecified atom stereocenters. The number of aliphatic hydroxyl groups is 1. The molecule has 1 saturated heterocycles. The maximum atomic E-state index is 13.1. The molecule has 1 fully saturated rings. The van der Waals surface area contributed by atoms with E-state index in [9.17, 15) is 14.7 Å². The summed E-state index contributed by atoms with van der Waals surface area (Å²) in [4.78, 5) is 29.7. The summed E-state index contributed by atoms with van der Waals surface area (Å²) in [6.45, 7) is 10.0. The maximum Gasteiger partial charge on any atom is 0.295 e. The SMILES string of the molecule is CCCOc1ccc(/C(O)=C2\C(=O)C(=O)N(CCN(C)C)[C@@H]2c2ccc(C(C)(C)C)cc2)cc1. The first-order chi connectivity index (χ1) is 16.0. The third-order valence-electron chi connectivity index (χ3n) is 6.02. The van der Waals surface area contributed by atoms with Crippen molar-refractivity contribution in [3.05, 3.63) is 70.8 Å². The van der Waals surface area contributed by atoms with Gasteiger partial charge in [-0.25, -0.2) is 0 Å². The molecule has 0 spiro atoms. The summed E-state index contributed by atoms with van der Waals surface area (Å²) in [5, 5.41) is 11.2. The number of carbonyl (C=O) groups excluding carboxylic acids is 2. The molecule has 1 atom stereocenters. The van der Waals surface area contributed by atoms with Gasteiger partial charge in [0.25, 0.3) is 11.7 Å². The lowest BCUT2D eigenvalue weighted by Crippen LogP contribution is -2.35. The third kappa shape index (κ3) is 5.50. The number of Topliss-reactive ketones (excluding diaryl/α,β-unsaturated/α-hetero) is 1. The number of likely N-dealkylation sites (N-methyl/N-ethyl adjacent to an activating group) is 1. The second kappa shape index (κ2) is 10.4. The van der Waals surface area contributed by atoms with Crippen molar-refractivity contribution in [1.29, 1.82) is 0 Å². The Morgan fingerprint density at radius 3 is 2.18 bits per heavy atom. The molecule has 1 N–H and O–H groups in total. The number of rotatable bonds is 8. The Labute approximate surface area is 202 Å². The number of amides is 1. The summed E-state index contributed by atoms with van der Waals surface area (Å²) in [7, 11) is 3.85. The molecule has 1 heterocycles. The zero-order valence-electron chi connectivity index (χ0n) is 21.1. The first-order valence-electron chi connectivity index (χ1n) is 11.8. The van der Waals surface area contributed by atoms with Crippen LogP contribution in [-0.2, 0) is 15.0 Å². The molecule has 182 valence electrons. The Kier molecular flexibility index (Phi) is 7.82. The molecule has 2 aromatic rings. The molecule has 1 aliphatic heterocycles. The highest BCUT2D eigenvalue weighted by Crippen LogP contribution is 2.40. The lowest BCUT2D eigenvalue weighted by Gasteiger charge is -2.27. The van der Waals surface area contributed by atoms with Crippen LogP contribution >= 0.6 is 0 Å². The molecule has 6 nitrogen and oxygen atoms in total. The minimum atomic E-state index is -0.660. The standard InChI is InChI=1S/C28H36N2O4/c1-7-18-34-22-14-10-20(11-15-22)25(31)23-24(19-8-12-21(13-9-19)28(2,3)4)30(17-16-29(5)6)27(33)26(23)32/h8-15,24,31H,7,16-18H2,1-6H3/b25-23+/t24-/m1/s1. The molecule has 0 bridgehead atoms. The van der Waals surface area contributed by atoms with E-state index >= 15 is 0 Å². The van der Waals surface area contributed by atoms with E-state index in [4.69, 9.17) is 4.74 Å². The van der Waals surface area contributed by atoms with Gasteiger partial charge in [0, 0.05) is 18.7 Å². The lowest BCUT2D eigenvalue weighted by atomic mass is 9.85. The number of hydrogen-bond acceptors (Lipinski definition) is 5. The maximum absolute atomic E-state index is 13.1. The van der Waals surface area contributed by atoms with Crippen molar-refractivity contribution in [2.45, 2.75) is 45.6 Å². The molecular weight excluding hydrogens is 428 g/mol. The van der Waals surface area contributed by atoms with E-state index in [0.717, 1.165) is 17.5 Å². The number of nitrogens with zero attached hydrogens (tertiary/aromatic N) is 2. The Morgan fingerprint density at radius 2 is 1.65 bits per heavy atom. The van der Waals surface area contributed by atoms with Gasteiger partial charge in [-0.2, -0.15) is 0 Å². The van der Waals surface area contributed by atoms with Crippen molar-refractivity contribution in [3.8, 4) is 5.75 Å². The van der Waals surface area contributed by atoms with E-state index in [-0.39, 0.29) is 16.7 Å². The summed E-state index contributed by atoms with van der Waals surface area (Å²) < 4.78 is 5.62. The molecule has 0 radical (unpaired) electrons. The molecule has 2 aromatic carbocycles. The van der Waals surface area contributed by atoms with Crippen LogP contribution in [0.2, 0.25) is 0 Å². The van der Waals surface area contributed by atoms with Gasteiger partial charge in [-0.1, -0.05) is 52.0 Å². The van der Waals surface area contributed by atoms with E-state index in [1.54, 1.807) is 29.2 Å². The zero-order chi connectivity index (χ0) is 25.0.